The highest BCUT2D eigenvalue weighted by molar-refractivity contribution is 5.04. The topological polar surface area (TPSA) is 29.3 Å². The Balaban J connectivity index is 2.08. The third-order valence-corrected chi connectivity index (χ3v) is 2.25. The van der Waals surface area contributed by atoms with Gasteiger partial charge in [0.2, 0.25) is 0 Å². The highest BCUT2D eigenvalue weighted by Gasteiger charge is 2.23. The van der Waals surface area contributed by atoms with Gasteiger partial charge in [-0.1, -0.05) is 5.16 Å². The van der Waals surface area contributed by atoms with E-state index >= 15 is 0 Å². The number of nitrogens with zero attached hydrogens (tertiary/aromatic N) is 2. The minimum absolute atomic E-state index is 0.572. The van der Waals surface area contributed by atoms with E-state index in [2.05, 4.69) is 17.1 Å². The predicted octanol–water partition coefficient (Wildman–Crippen LogP) is 1.09. The van der Waals surface area contributed by atoms with E-state index in [1.54, 1.807) is 6.20 Å². The highest BCUT2D eigenvalue weighted by atomic mass is 16.5. The molecule has 1 atom stereocenters. The number of hydrogen-bond acceptors (Lipinski definition) is 3. The summed E-state index contributed by atoms with van der Waals surface area (Å²) in [6.45, 7) is 2.28. The van der Waals surface area contributed by atoms with Crippen molar-refractivity contribution in [2.45, 2.75) is 12.3 Å². The van der Waals surface area contributed by atoms with Crippen LogP contribution in [0, 0.1) is 0 Å². The van der Waals surface area contributed by atoms with Crippen molar-refractivity contribution in [3.05, 3.63) is 18.0 Å². The minimum atomic E-state index is 0.572. The van der Waals surface area contributed by atoms with E-state index in [1.807, 2.05) is 6.07 Å². The zero-order valence-electron chi connectivity index (χ0n) is 6.66. The van der Waals surface area contributed by atoms with E-state index in [0.717, 1.165) is 12.3 Å². The maximum atomic E-state index is 5.09. The Morgan fingerprint density at radius 3 is 3.18 bits per heavy atom. The van der Waals surface area contributed by atoms with E-state index in [9.17, 15) is 0 Å². The molecule has 0 amide bonds. The molecule has 0 radical (unpaired) electrons. The van der Waals surface area contributed by atoms with Crippen LogP contribution in [0.3, 0.4) is 0 Å². The summed E-state index contributed by atoms with van der Waals surface area (Å²) < 4.78 is 5.09. The molecule has 0 aliphatic carbocycles. The first-order valence-corrected chi connectivity index (χ1v) is 3.95. The maximum Gasteiger partial charge on any atom is 0.141 e. The molecule has 0 saturated carbocycles. The standard InChI is InChI=1S/C8H12N2O/c1-10-5-3-7(6-10)8-2-4-9-11-8/h2,4,7H,3,5-6H2,1H3. The zero-order chi connectivity index (χ0) is 7.68. The first-order chi connectivity index (χ1) is 5.36. The lowest BCUT2D eigenvalue weighted by Gasteiger charge is -2.05. The average Bonchev–Trinajstić information content (AvgIpc) is 2.55. The molecule has 60 valence electrons. The molecule has 1 fully saturated rings. The second-order valence-corrected chi connectivity index (χ2v) is 3.16. The van der Waals surface area contributed by atoms with E-state index in [4.69, 9.17) is 4.52 Å². The molecule has 2 rings (SSSR count). The first-order valence-electron chi connectivity index (χ1n) is 3.95. The van der Waals surface area contributed by atoms with Crippen LogP contribution < -0.4 is 0 Å². The number of aromatic nitrogens is 1. The molecule has 1 saturated heterocycles. The van der Waals surface area contributed by atoms with Gasteiger partial charge in [-0.2, -0.15) is 0 Å². The maximum absolute atomic E-state index is 5.09. The van der Waals surface area contributed by atoms with Gasteiger partial charge in [-0.15, -0.1) is 0 Å². The summed E-state index contributed by atoms with van der Waals surface area (Å²) in [5, 5.41) is 3.70. The monoisotopic (exact) mass is 152 g/mol. The Bertz CT molecular complexity index is 220. The third kappa shape index (κ3) is 1.28. The van der Waals surface area contributed by atoms with Gasteiger partial charge in [0, 0.05) is 18.5 Å². The van der Waals surface area contributed by atoms with Crippen molar-refractivity contribution >= 4 is 0 Å². The van der Waals surface area contributed by atoms with Crippen LogP contribution >= 0.6 is 0 Å². The Morgan fingerprint density at radius 2 is 2.64 bits per heavy atom. The van der Waals surface area contributed by atoms with Gasteiger partial charge >= 0.3 is 0 Å². The van der Waals surface area contributed by atoms with Crippen molar-refractivity contribution in [2.75, 3.05) is 20.1 Å². The molecule has 3 heteroatoms. The van der Waals surface area contributed by atoms with Gasteiger partial charge in [-0.05, 0) is 20.0 Å². The average molecular weight is 152 g/mol. The van der Waals surface area contributed by atoms with Crippen molar-refractivity contribution < 1.29 is 4.52 Å². The summed E-state index contributed by atoms with van der Waals surface area (Å²) in [7, 11) is 2.14. The van der Waals surface area contributed by atoms with E-state index < -0.39 is 0 Å². The quantitative estimate of drug-likeness (QED) is 0.603. The van der Waals surface area contributed by atoms with Crippen molar-refractivity contribution in [2.24, 2.45) is 0 Å². The summed E-state index contributed by atoms with van der Waals surface area (Å²) in [6, 6.07) is 1.96. The molecule has 0 spiro atoms. The smallest absolute Gasteiger partial charge is 0.141 e. The first kappa shape index (κ1) is 6.85. The molecule has 0 N–H and O–H groups in total. The fraction of sp³-hybridized carbons (Fsp3) is 0.625. The molecule has 1 aromatic rings. The van der Waals surface area contributed by atoms with Gasteiger partial charge in [0.1, 0.15) is 5.76 Å². The molecule has 0 aromatic carbocycles. The predicted molar refractivity (Wildman–Crippen MR) is 41.4 cm³/mol. The van der Waals surface area contributed by atoms with Crippen LogP contribution in [0.4, 0.5) is 0 Å². The van der Waals surface area contributed by atoms with Crippen LogP contribution in [0.25, 0.3) is 0 Å². The summed E-state index contributed by atoms with van der Waals surface area (Å²) in [5.74, 6) is 1.61. The largest absolute Gasteiger partial charge is 0.361 e. The number of likely N-dealkylation sites (N-methyl/N-ethyl adjacent to an activating group) is 1. The van der Waals surface area contributed by atoms with Gasteiger partial charge in [-0.25, -0.2) is 0 Å². The van der Waals surface area contributed by atoms with Crippen molar-refractivity contribution in [1.82, 2.24) is 10.1 Å². The Morgan fingerprint density at radius 1 is 1.73 bits per heavy atom. The summed E-state index contributed by atoms with van der Waals surface area (Å²) in [4.78, 5) is 2.31. The molecule has 2 heterocycles. The van der Waals surface area contributed by atoms with Gasteiger partial charge in [0.15, 0.2) is 0 Å². The molecular weight excluding hydrogens is 140 g/mol. The Kier molecular flexibility index (Phi) is 1.66. The van der Waals surface area contributed by atoms with Gasteiger partial charge in [0.05, 0.1) is 6.20 Å². The molecule has 1 aromatic heterocycles. The fourth-order valence-corrected chi connectivity index (χ4v) is 1.60. The van der Waals surface area contributed by atoms with Crippen LogP contribution in [-0.2, 0) is 0 Å². The lowest BCUT2D eigenvalue weighted by atomic mass is 10.1. The second kappa shape index (κ2) is 2.66. The zero-order valence-corrected chi connectivity index (χ0v) is 6.66. The van der Waals surface area contributed by atoms with Crippen LogP contribution in [-0.4, -0.2) is 30.2 Å². The van der Waals surface area contributed by atoms with Crippen LogP contribution in [0.15, 0.2) is 16.8 Å². The van der Waals surface area contributed by atoms with Crippen LogP contribution in [0.2, 0.25) is 0 Å². The van der Waals surface area contributed by atoms with E-state index in [-0.39, 0.29) is 0 Å². The molecule has 1 aliphatic heterocycles. The summed E-state index contributed by atoms with van der Waals surface area (Å²) in [6.07, 6.45) is 2.92. The minimum Gasteiger partial charge on any atom is -0.361 e. The molecule has 1 aliphatic rings. The molecular formula is C8H12N2O. The fourth-order valence-electron chi connectivity index (χ4n) is 1.60. The van der Waals surface area contributed by atoms with Gasteiger partial charge in [-0.3, -0.25) is 0 Å². The van der Waals surface area contributed by atoms with Crippen molar-refractivity contribution in [1.29, 1.82) is 0 Å². The SMILES string of the molecule is CN1CCC(c2ccno2)C1. The van der Waals surface area contributed by atoms with Crippen molar-refractivity contribution in [3.63, 3.8) is 0 Å². The number of hydrogen-bond donors (Lipinski definition) is 0. The number of likely N-dealkylation sites (tertiary alicyclic amines) is 1. The van der Waals surface area contributed by atoms with Gasteiger partial charge in [0.25, 0.3) is 0 Å². The Hall–Kier alpha value is -0.830. The molecule has 1 unspecified atom stereocenters. The Labute approximate surface area is 66.0 Å². The lowest BCUT2D eigenvalue weighted by molar-refractivity contribution is 0.350. The van der Waals surface area contributed by atoms with Crippen molar-refractivity contribution in [3.8, 4) is 0 Å². The molecule has 11 heavy (non-hydrogen) atoms. The highest BCUT2D eigenvalue weighted by Crippen LogP contribution is 2.25. The number of rotatable bonds is 1. The molecule has 0 bridgehead atoms. The normalized spacial score (nSPS) is 26.1. The van der Waals surface area contributed by atoms with Crippen LogP contribution in [0.1, 0.15) is 18.1 Å². The summed E-state index contributed by atoms with van der Waals surface area (Å²) in [5.41, 5.74) is 0. The van der Waals surface area contributed by atoms with E-state index in [1.165, 1.54) is 13.0 Å². The third-order valence-electron chi connectivity index (χ3n) is 2.25. The van der Waals surface area contributed by atoms with Crippen LogP contribution in [0.5, 0.6) is 0 Å². The van der Waals surface area contributed by atoms with Gasteiger partial charge < -0.3 is 9.42 Å². The lowest BCUT2D eigenvalue weighted by Crippen LogP contribution is -2.13. The second-order valence-electron chi connectivity index (χ2n) is 3.16. The molecule has 3 nitrogen and oxygen atoms in total. The summed E-state index contributed by atoms with van der Waals surface area (Å²) >= 11 is 0. The van der Waals surface area contributed by atoms with E-state index in [0.29, 0.717) is 5.92 Å².